The van der Waals surface area contributed by atoms with Gasteiger partial charge in [0.15, 0.2) is 0 Å². The van der Waals surface area contributed by atoms with Crippen LogP contribution in [0.5, 0.6) is 0 Å². The van der Waals surface area contributed by atoms with Crippen molar-refractivity contribution in [3.8, 4) is 0 Å². The predicted octanol–water partition coefficient (Wildman–Crippen LogP) is 1.87. The Bertz CT molecular complexity index is 572. The molecule has 1 aliphatic heterocycles. The Kier molecular flexibility index (Phi) is 5.29. The zero-order valence-corrected chi connectivity index (χ0v) is 12.8. The zero-order valence-electron chi connectivity index (χ0n) is 12.0. The van der Waals surface area contributed by atoms with Crippen LogP contribution < -0.4 is 4.72 Å². The first-order valence-electron chi connectivity index (χ1n) is 7.07. The molecule has 7 heteroatoms. The Balaban J connectivity index is 1.99. The van der Waals surface area contributed by atoms with Gasteiger partial charge in [0.2, 0.25) is 10.0 Å². The van der Waals surface area contributed by atoms with Gasteiger partial charge in [-0.25, -0.2) is 21.9 Å². The fourth-order valence-corrected chi connectivity index (χ4v) is 3.88. The third-order valence-electron chi connectivity index (χ3n) is 3.84. The van der Waals surface area contributed by atoms with Crippen LogP contribution in [0.1, 0.15) is 25.3 Å². The lowest BCUT2D eigenvalue weighted by Gasteiger charge is -2.22. The Morgan fingerprint density at radius 3 is 2.62 bits per heavy atom. The van der Waals surface area contributed by atoms with Crippen LogP contribution in [0.25, 0.3) is 0 Å². The number of nitrogens with one attached hydrogen (secondary N) is 1. The van der Waals surface area contributed by atoms with Crippen molar-refractivity contribution in [2.45, 2.75) is 31.6 Å². The molecule has 0 aliphatic carbocycles. The normalized spacial score (nSPS) is 20.0. The predicted molar refractivity (Wildman–Crippen MR) is 77.3 cm³/mol. The topological polar surface area (TPSA) is 49.4 Å². The summed E-state index contributed by atoms with van der Waals surface area (Å²) in [5, 5.41) is 0. The van der Waals surface area contributed by atoms with Crippen LogP contribution in [-0.4, -0.2) is 39.0 Å². The molecule has 0 saturated carbocycles. The van der Waals surface area contributed by atoms with Crippen LogP contribution in [0.4, 0.5) is 8.78 Å². The van der Waals surface area contributed by atoms with E-state index in [1.807, 2.05) is 6.92 Å². The third-order valence-corrected chi connectivity index (χ3v) is 5.12. The van der Waals surface area contributed by atoms with E-state index >= 15 is 0 Å². The van der Waals surface area contributed by atoms with Crippen molar-refractivity contribution in [1.82, 2.24) is 9.62 Å². The van der Waals surface area contributed by atoms with Crippen LogP contribution in [-0.2, 0) is 15.8 Å². The molecule has 1 aliphatic rings. The van der Waals surface area contributed by atoms with Crippen LogP contribution >= 0.6 is 0 Å². The quantitative estimate of drug-likeness (QED) is 0.871. The van der Waals surface area contributed by atoms with Crippen molar-refractivity contribution in [2.24, 2.45) is 0 Å². The van der Waals surface area contributed by atoms with E-state index in [1.165, 1.54) is 6.07 Å². The first kappa shape index (κ1) is 16.3. The molecule has 1 aromatic carbocycles. The van der Waals surface area contributed by atoms with Gasteiger partial charge in [-0.1, -0.05) is 13.0 Å². The van der Waals surface area contributed by atoms with E-state index < -0.39 is 33.0 Å². The van der Waals surface area contributed by atoms with Gasteiger partial charge in [0.05, 0.1) is 5.75 Å². The molecule has 1 heterocycles. The molecule has 1 saturated heterocycles. The van der Waals surface area contributed by atoms with E-state index in [4.69, 9.17) is 0 Å². The van der Waals surface area contributed by atoms with Crippen LogP contribution in [0.3, 0.4) is 0 Å². The molecular formula is C14H20F2N2O2S. The molecule has 1 N–H and O–H groups in total. The van der Waals surface area contributed by atoms with E-state index in [-0.39, 0.29) is 12.6 Å². The first-order valence-corrected chi connectivity index (χ1v) is 8.72. The standard InChI is InChI=1S/C14H20F2N2O2S/c1-2-18-8-4-5-11(18)9-17-21(19,20)10-12-13(15)6-3-7-14(12)16/h3,6-7,11,17H,2,4-5,8-10H2,1H3/t11-/m1/s1. The van der Waals surface area contributed by atoms with Gasteiger partial charge in [-0.3, -0.25) is 4.90 Å². The van der Waals surface area contributed by atoms with Crippen molar-refractivity contribution >= 4 is 10.0 Å². The van der Waals surface area contributed by atoms with Crippen molar-refractivity contribution < 1.29 is 17.2 Å². The second-order valence-electron chi connectivity index (χ2n) is 5.23. The van der Waals surface area contributed by atoms with Gasteiger partial charge in [0, 0.05) is 18.2 Å². The van der Waals surface area contributed by atoms with Crippen LogP contribution in [0.2, 0.25) is 0 Å². The molecule has 0 aromatic heterocycles. The molecular weight excluding hydrogens is 298 g/mol. The number of rotatable bonds is 6. The number of halogens is 2. The first-order chi connectivity index (χ1) is 9.93. The molecule has 21 heavy (non-hydrogen) atoms. The van der Waals surface area contributed by atoms with E-state index in [0.717, 1.165) is 38.1 Å². The number of hydrogen-bond acceptors (Lipinski definition) is 3. The molecule has 118 valence electrons. The SMILES string of the molecule is CCN1CCC[C@@H]1CNS(=O)(=O)Cc1c(F)cccc1F. The lowest BCUT2D eigenvalue weighted by atomic mass is 10.2. The summed E-state index contributed by atoms with van der Waals surface area (Å²) in [5.41, 5.74) is -0.413. The molecule has 1 atom stereocenters. The summed E-state index contributed by atoms with van der Waals surface area (Å²) >= 11 is 0. The number of sulfonamides is 1. The second-order valence-corrected chi connectivity index (χ2v) is 7.04. The maximum absolute atomic E-state index is 13.5. The monoisotopic (exact) mass is 318 g/mol. The minimum absolute atomic E-state index is 0.162. The molecule has 0 radical (unpaired) electrons. The van der Waals surface area contributed by atoms with Gasteiger partial charge in [-0.2, -0.15) is 0 Å². The van der Waals surface area contributed by atoms with Crippen molar-refractivity contribution in [3.63, 3.8) is 0 Å². The van der Waals surface area contributed by atoms with E-state index in [2.05, 4.69) is 9.62 Å². The zero-order chi connectivity index (χ0) is 15.5. The average Bonchev–Trinajstić information content (AvgIpc) is 2.88. The van der Waals surface area contributed by atoms with Crippen molar-refractivity contribution in [1.29, 1.82) is 0 Å². The summed E-state index contributed by atoms with van der Waals surface area (Å²) < 4.78 is 53.4. The van der Waals surface area contributed by atoms with E-state index in [9.17, 15) is 17.2 Å². The molecule has 2 rings (SSSR count). The van der Waals surface area contributed by atoms with Gasteiger partial charge < -0.3 is 0 Å². The fourth-order valence-electron chi connectivity index (χ4n) is 2.68. The summed E-state index contributed by atoms with van der Waals surface area (Å²) in [7, 11) is -3.76. The largest absolute Gasteiger partial charge is 0.299 e. The molecule has 1 aromatic rings. The molecule has 1 fully saturated rings. The number of hydrogen-bond donors (Lipinski definition) is 1. The Labute approximate surface area is 124 Å². The molecule has 0 spiro atoms. The smallest absolute Gasteiger partial charge is 0.216 e. The third kappa shape index (κ3) is 4.21. The van der Waals surface area contributed by atoms with Crippen LogP contribution in [0, 0.1) is 11.6 Å². The molecule has 0 amide bonds. The fraction of sp³-hybridized carbons (Fsp3) is 0.571. The second kappa shape index (κ2) is 6.81. The highest BCUT2D eigenvalue weighted by Gasteiger charge is 2.25. The Morgan fingerprint density at radius 1 is 1.33 bits per heavy atom. The lowest BCUT2D eigenvalue weighted by Crippen LogP contribution is -2.40. The average molecular weight is 318 g/mol. The minimum atomic E-state index is -3.76. The van der Waals surface area contributed by atoms with Crippen LogP contribution in [0.15, 0.2) is 18.2 Å². The highest BCUT2D eigenvalue weighted by Crippen LogP contribution is 2.17. The number of likely N-dealkylation sites (N-methyl/N-ethyl adjacent to an activating group) is 1. The van der Waals surface area contributed by atoms with E-state index in [0.29, 0.717) is 0 Å². The highest BCUT2D eigenvalue weighted by atomic mass is 32.2. The summed E-state index contributed by atoms with van der Waals surface area (Å²) in [4.78, 5) is 2.20. The summed E-state index contributed by atoms with van der Waals surface area (Å²) in [6.07, 6.45) is 1.98. The lowest BCUT2D eigenvalue weighted by molar-refractivity contribution is 0.268. The maximum atomic E-state index is 13.5. The molecule has 4 nitrogen and oxygen atoms in total. The van der Waals surface area contributed by atoms with Crippen molar-refractivity contribution in [2.75, 3.05) is 19.6 Å². The number of benzene rings is 1. The highest BCUT2D eigenvalue weighted by molar-refractivity contribution is 7.88. The van der Waals surface area contributed by atoms with Crippen molar-refractivity contribution in [3.05, 3.63) is 35.4 Å². The van der Waals surface area contributed by atoms with Gasteiger partial charge in [0.1, 0.15) is 11.6 Å². The number of likely N-dealkylation sites (tertiary alicyclic amines) is 1. The van der Waals surface area contributed by atoms with Gasteiger partial charge in [0.25, 0.3) is 0 Å². The van der Waals surface area contributed by atoms with Gasteiger partial charge in [-0.05, 0) is 38.1 Å². The Morgan fingerprint density at radius 2 is 2.00 bits per heavy atom. The summed E-state index contributed by atoms with van der Waals surface area (Å²) in [6, 6.07) is 3.49. The Hall–Kier alpha value is -1.05. The molecule has 0 unspecified atom stereocenters. The summed E-state index contributed by atoms with van der Waals surface area (Å²) in [6.45, 7) is 4.15. The minimum Gasteiger partial charge on any atom is -0.299 e. The molecule has 0 bridgehead atoms. The van der Waals surface area contributed by atoms with Gasteiger partial charge >= 0.3 is 0 Å². The summed E-state index contributed by atoms with van der Waals surface area (Å²) in [5.74, 6) is -2.35. The van der Waals surface area contributed by atoms with E-state index in [1.54, 1.807) is 0 Å². The number of nitrogens with zero attached hydrogens (tertiary/aromatic N) is 1. The maximum Gasteiger partial charge on any atom is 0.216 e. The van der Waals surface area contributed by atoms with Gasteiger partial charge in [-0.15, -0.1) is 0 Å².